The first-order valence-electron chi connectivity index (χ1n) is 5.17. The van der Waals surface area contributed by atoms with Crippen molar-refractivity contribution in [3.05, 3.63) is 27.7 Å². The number of nitrogens with one attached hydrogen (secondary N) is 2. The minimum absolute atomic E-state index is 0. The second-order valence-electron chi connectivity index (χ2n) is 3.89. The predicted molar refractivity (Wildman–Crippen MR) is 78.0 cm³/mol. The van der Waals surface area contributed by atoms with E-state index in [4.69, 9.17) is 11.6 Å². The van der Waals surface area contributed by atoms with Crippen LogP contribution in [0.15, 0.2) is 27.6 Å². The molecule has 0 amide bonds. The first-order chi connectivity index (χ1) is 7.99. The summed E-state index contributed by atoms with van der Waals surface area (Å²) in [6, 6.07) is 4.53. The van der Waals surface area contributed by atoms with Crippen molar-refractivity contribution in [1.82, 2.24) is 10.0 Å². The number of hydrogen-bond acceptors (Lipinski definition) is 3. The molecule has 8 heteroatoms. The highest BCUT2D eigenvalue weighted by atomic mass is 79.9. The molecule has 1 aliphatic rings. The molecule has 1 unspecified atom stereocenters. The quantitative estimate of drug-likeness (QED) is 0.851. The van der Waals surface area contributed by atoms with Gasteiger partial charge in [-0.2, -0.15) is 0 Å². The van der Waals surface area contributed by atoms with Gasteiger partial charge in [-0.25, -0.2) is 13.1 Å². The van der Waals surface area contributed by atoms with Gasteiger partial charge in [0.05, 0.1) is 9.92 Å². The summed E-state index contributed by atoms with van der Waals surface area (Å²) in [6.07, 6.45) is 0.813. The fourth-order valence-corrected chi connectivity index (χ4v) is 3.63. The second kappa shape index (κ2) is 6.54. The van der Waals surface area contributed by atoms with E-state index >= 15 is 0 Å². The Hall–Kier alpha value is 0.150. The van der Waals surface area contributed by atoms with Crippen molar-refractivity contribution in [2.75, 3.05) is 13.1 Å². The van der Waals surface area contributed by atoms with Crippen molar-refractivity contribution in [3.8, 4) is 0 Å². The molecule has 1 saturated heterocycles. The molecule has 18 heavy (non-hydrogen) atoms. The van der Waals surface area contributed by atoms with Crippen LogP contribution in [-0.2, 0) is 10.0 Å². The maximum Gasteiger partial charge on any atom is 0.240 e. The summed E-state index contributed by atoms with van der Waals surface area (Å²) in [6.45, 7) is 1.52. The standard InChI is InChI=1S/C10H12BrClN2O2S.ClH/c11-9-5-8(1-2-10(9)12)17(15,16)14-7-3-4-13-6-7;/h1-2,5,7,13-14H,3-4,6H2;1H. The fourth-order valence-electron chi connectivity index (χ4n) is 1.69. The third-order valence-electron chi connectivity index (χ3n) is 2.58. The molecule has 2 rings (SSSR count). The summed E-state index contributed by atoms with van der Waals surface area (Å²) in [5, 5.41) is 3.60. The van der Waals surface area contributed by atoms with E-state index in [0.717, 1.165) is 13.0 Å². The summed E-state index contributed by atoms with van der Waals surface area (Å²) >= 11 is 9.04. The lowest BCUT2D eigenvalue weighted by molar-refractivity contribution is 0.560. The average molecular weight is 376 g/mol. The summed E-state index contributed by atoms with van der Waals surface area (Å²) in [7, 11) is -3.46. The van der Waals surface area contributed by atoms with E-state index in [0.29, 0.717) is 16.0 Å². The zero-order valence-electron chi connectivity index (χ0n) is 9.32. The van der Waals surface area contributed by atoms with Crippen molar-refractivity contribution in [1.29, 1.82) is 0 Å². The van der Waals surface area contributed by atoms with Crippen molar-refractivity contribution in [3.63, 3.8) is 0 Å². The molecule has 1 aromatic rings. The summed E-state index contributed by atoms with van der Waals surface area (Å²) < 4.78 is 27.3. The van der Waals surface area contributed by atoms with Gasteiger partial charge < -0.3 is 5.32 Å². The van der Waals surface area contributed by atoms with Gasteiger partial charge in [0.1, 0.15) is 0 Å². The smallest absolute Gasteiger partial charge is 0.240 e. The number of hydrogen-bond donors (Lipinski definition) is 2. The number of sulfonamides is 1. The van der Waals surface area contributed by atoms with Gasteiger partial charge in [0.2, 0.25) is 10.0 Å². The minimum atomic E-state index is -3.46. The van der Waals surface area contributed by atoms with E-state index in [1.165, 1.54) is 12.1 Å². The monoisotopic (exact) mass is 374 g/mol. The van der Waals surface area contributed by atoms with Crippen LogP contribution in [0.4, 0.5) is 0 Å². The lowest BCUT2D eigenvalue weighted by atomic mass is 10.3. The van der Waals surface area contributed by atoms with E-state index in [-0.39, 0.29) is 23.3 Å². The van der Waals surface area contributed by atoms with E-state index in [2.05, 4.69) is 26.0 Å². The van der Waals surface area contributed by atoms with Crippen LogP contribution in [-0.4, -0.2) is 27.5 Å². The van der Waals surface area contributed by atoms with Gasteiger partial charge in [-0.15, -0.1) is 12.4 Å². The number of rotatable bonds is 3. The molecule has 1 heterocycles. The molecule has 4 nitrogen and oxygen atoms in total. The van der Waals surface area contributed by atoms with Gasteiger partial charge in [-0.05, 0) is 47.1 Å². The van der Waals surface area contributed by atoms with Crippen LogP contribution >= 0.6 is 39.9 Å². The molecule has 1 atom stereocenters. The highest BCUT2D eigenvalue weighted by molar-refractivity contribution is 9.10. The fraction of sp³-hybridized carbons (Fsp3) is 0.400. The minimum Gasteiger partial charge on any atom is -0.315 e. The Balaban J connectivity index is 0.00000162. The Morgan fingerprint density at radius 1 is 1.44 bits per heavy atom. The van der Waals surface area contributed by atoms with Crippen LogP contribution in [0.3, 0.4) is 0 Å². The normalized spacial score (nSPS) is 19.6. The van der Waals surface area contributed by atoms with Gasteiger partial charge in [0.25, 0.3) is 0 Å². The van der Waals surface area contributed by atoms with E-state index in [1.54, 1.807) is 6.07 Å². The highest BCUT2D eigenvalue weighted by Gasteiger charge is 2.22. The maximum atomic E-state index is 12.0. The summed E-state index contributed by atoms with van der Waals surface area (Å²) in [5.41, 5.74) is 0. The van der Waals surface area contributed by atoms with Gasteiger partial charge in [-0.3, -0.25) is 0 Å². The second-order valence-corrected chi connectivity index (χ2v) is 6.86. The molecule has 0 bridgehead atoms. The Bertz CT molecular complexity index is 519. The molecule has 0 aliphatic carbocycles. The Morgan fingerprint density at radius 3 is 2.72 bits per heavy atom. The number of halogens is 3. The first-order valence-corrected chi connectivity index (χ1v) is 7.82. The van der Waals surface area contributed by atoms with Gasteiger partial charge in [0, 0.05) is 17.1 Å². The van der Waals surface area contributed by atoms with Crippen LogP contribution in [0.2, 0.25) is 5.02 Å². The molecule has 1 aromatic carbocycles. The molecule has 0 aromatic heterocycles. The predicted octanol–water partition coefficient (Wildman–Crippen LogP) is 2.16. The molecule has 1 aliphatic heterocycles. The largest absolute Gasteiger partial charge is 0.315 e. The molecule has 0 spiro atoms. The van der Waals surface area contributed by atoms with Crippen molar-refractivity contribution < 1.29 is 8.42 Å². The van der Waals surface area contributed by atoms with Crippen LogP contribution in [0.1, 0.15) is 6.42 Å². The van der Waals surface area contributed by atoms with Crippen molar-refractivity contribution >= 4 is 50.0 Å². The van der Waals surface area contributed by atoms with Crippen LogP contribution in [0, 0.1) is 0 Å². The molecular formula is C10H13BrCl2N2O2S. The number of benzene rings is 1. The Morgan fingerprint density at radius 2 is 2.17 bits per heavy atom. The van der Waals surface area contributed by atoms with Crippen LogP contribution in [0.5, 0.6) is 0 Å². The van der Waals surface area contributed by atoms with E-state index in [9.17, 15) is 8.42 Å². The van der Waals surface area contributed by atoms with E-state index in [1.807, 2.05) is 0 Å². The van der Waals surface area contributed by atoms with Crippen LogP contribution < -0.4 is 10.0 Å². The van der Waals surface area contributed by atoms with Gasteiger partial charge >= 0.3 is 0 Å². The molecular weight excluding hydrogens is 363 g/mol. The lowest BCUT2D eigenvalue weighted by Gasteiger charge is -2.12. The summed E-state index contributed by atoms with van der Waals surface area (Å²) in [4.78, 5) is 0.223. The van der Waals surface area contributed by atoms with Crippen molar-refractivity contribution in [2.45, 2.75) is 17.4 Å². The van der Waals surface area contributed by atoms with Crippen molar-refractivity contribution in [2.24, 2.45) is 0 Å². The summed E-state index contributed by atoms with van der Waals surface area (Å²) in [5.74, 6) is 0. The average Bonchev–Trinajstić information content (AvgIpc) is 2.73. The molecule has 0 saturated carbocycles. The third kappa shape index (κ3) is 3.82. The molecule has 102 valence electrons. The highest BCUT2D eigenvalue weighted by Crippen LogP contribution is 2.25. The van der Waals surface area contributed by atoms with Gasteiger partial charge in [0.15, 0.2) is 0 Å². The Labute approximate surface area is 126 Å². The lowest BCUT2D eigenvalue weighted by Crippen LogP contribution is -2.36. The zero-order chi connectivity index (χ0) is 12.5. The van der Waals surface area contributed by atoms with Gasteiger partial charge in [-0.1, -0.05) is 11.6 Å². The Kier molecular flexibility index (Phi) is 5.89. The zero-order valence-corrected chi connectivity index (χ0v) is 13.3. The van der Waals surface area contributed by atoms with E-state index < -0.39 is 10.0 Å². The first kappa shape index (κ1) is 16.2. The molecule has 0 radical (unpaired) electrons. The third-order valence-corrected chi connectivity index (χ3v) is 5.32. The topological polar surface area (TPSA) is 58.2 Å². The maximum absolute atomic E-state index is 12.0. The van der Waals surface area contributed by atoms with Crippen LogP contribution in [0.25, 0.3) is 0 Å². The molecule has 2 N–H and O–H groups in total. The molecule has 1 fully saturated rings. The SMILES string of the molecule is Cl.O=S(=O)(NC1CCNC1)c1ccc(Cl)c(Br)c1.